The first-order valence-corrected chi connectivity index (χ1v) is 5.91. The molecule has 1 heterocycles. The van der Waals surface area contributed by atoms with Crippen molar-refractivity contribution in [2.45, 2.75) is 20.8 Å². The third-order valence-corrected chi connectivity index (χ3v) is 3.11. The summed E-state index contributed by atoms with van der Waals surface area (Å²) in [4.78, 5) is 24.0. The van der Waals surface area contributed by atoms with Gasteiger partial charge in [0.15, 0.2) is 0 Å². The van der Waals surface area contributed by atoms with Gasteiger partial charge in [-0.1, -0.05) is 50.8 Å². The Labute approximate surface area is 104 Å². The van der Waals surface area contributed by atoms with E-state index in [0.29, 0.717) is 9.23 Å². The maximum Gasteiger partial charge on any atom is 0.323 e. The summed E-state index contributed by atoms with van der Waals surface area (Å²) in [5.41, 5.74) is -0.132. The van der Waals surface area contributed by atoms with E-state index >= 15 is 0 Å². The topological polar surface area (TPSA) is 57.6 Å². The van der Waals surface area contributed by atoms with E-state index in [1.54, 1.807) is 0 Å². The van der Waals surface area contributed by atoms with Gasteiger partial charge in [-0.3, -0.25) is 14.5 Å². The van der Waals surface area contributed by atoms with Crippen molar-refractivity contribution >= 4 is 40.2 Å². The summed E-state index contributed by atoms with van der Waals surface area (Å²) in [5, 5.41) is 8.65. The lowest BCUT2D eigenvalue weighted by atomic mass is 9.96. The minimum Gasteiger partial charge on any atom is -0.480 e. The van der Waals surface area contributed by atoms with Crippen LogP contribution in [-0.4, -0.2) is 32.7 Å². The number of carbonyl (C=O) groups is 2. The molecule has 1 aliphatic heterocycles. The number of thiocarbonyl (C=S) groups is 1. The predicted octanol–water partition coefficient (Wildman–Crippen LogP) is 1.86. The van der Waals surface area contributed by atoms with Crippen LogP contribution in [0.1, 0.15) is 20.8 Å². The van der Waals surface area contributed by atoms with Crippen LogP contribution in [0.25, 0.3) is 0 Å². The summed E-state index contributed by atoms with van der Waals surface area (Å²) >= 11 is 6.12. The van der Waals surface area contributed by atoms with Crippen molar-refractivity contribution in [2.24, 2.45) is 5.41 Å². The van der Waals surface area contributed by atoms with Crippen LogP contribution in [0.2, 0.25) is 0 Å². The molecular weight excluding hydrogens is 246 g/mol. The lowest BCUT2D eigenvalue weighted by molar-refractivity contribution is -0.140. The molecule has 0 aliphatic carbocycles. The van der Waals surface area contributed by atoms with Gasteiger partial charge >= 0.3 is 5.97 Å². The number of carboxylic acid groups (broad SMARTS) is 1. The minimum absolute atomic E-state index is 0.132. The number of allylic oxidation sites excluding steroid dienone is 1. The molecule has 88 valence electrons. The second-order valence-corrected chi connectivity index (χ2v) is 6.20. The number of aliphatic carboxylic acids is 1. The van der Waals surface area contributed by atoms with Crippen molar-refractivity contribution in [3.8, 4) is 0 Å². The monoisotopic (exact) mass is 259 g/mol. The van der Waals surface area contributed by atoms with Crippen molar-refractivity contribution in [2.75, 3.05) is 6.54 Å². The molecule has 0 unspecified atom stereocenters. The van der Waals surface area contributed by atoms with E-state index in [1.807, 2.05) is 26.8 Å². The first kappa shape index (κ1) is 13.2. The van der Waals surface area contributed by atoms with Crippen molar-refractivity contribution in [3.63, 3.8) is 0 Å². The van der Waals surface area contributed by atoms with Gasteiger partial charge in [0, 0.05) is 0 Å². The zero-order chi connectivity index (χ0) is 12.5. The van der Waals surface area contributed by atoms with Crippen LogP contribution < -0.4 is 0 Å². The van der Waals surface area contributed by atoms with Gasteiger partial charge in [0.25, 0.3) is 5.91 Å². The number of amides is 1. The molecule has 0 radical (unpaired) electrons. The third kappa shape index (κ3) is 3.31. The predicted molar refractivity (Wildman–Crippen MR) is 67.1 cm³/mol. The molecule has 0 saturated carbocycles. The average molecular weight is 259 g/mol. The molecule has 1 rings (SSSR count). The standard InChI is InChI=1S/C10H13NO3S2/c1-10(2,3)4-6-8(14)11(5-7(12)13)9(15)16-6/h4H,5H2,1-3H3,(H,12,13)/b6-4-. The third-order valence-electron chi connectivity index (χ3n) is 1.73. The molecule has 6 heteroatoms. The van der Waals surface area contributed by atoms with Gasteiger partial charge in [-0.05, 0) is 5.41 Å². The highest BCUT2D eigenvalue weighted by Crippen LogP contribution is 2.33. The van der Waals surface area contributed by atoms with Crippen LogP contribution in [0.5, 0.6) is 0 Å². The second kappa shape index (κ2) is 4.55. The fourth-order valence-corrected chi connectivity index (χ4v) is 2.64. The number of hydrogen-bond donors (Lipinski definition) is 1. The molecule has 16 heavy (non-hydrogen) atoms. The molecule has 1 amide bonds. The fraction of sp³-hybridized carbons (Fsp3) is 0.500. The highest BCUT2D eigenvalue weighted by molar-refractivity contribution is 8.26. The van der Waals surface area contributed by atoms with Crippen molar-refractivity contribution in [1.82, 2.24) is 4.90 Å². The quantitative estimate of drug-likeness (QED) is 0.606. The SMILES string of the molecule is CC(C)(C)/C=C1\SC(=S)N(CC(=O)O)C1=O. The molecule has 4 nitrogen and oxygen atoms in total. The van der Waals surface area contributed by atoms with E-state index in [2.05, 4.69) is 0 Å². The lowest BCUT2D eigenvalue weighted by Gasteiger charge is -2.13. The Balaban J connectivity index is 2.91. The first-order valence-electron chi connectivity index (χ1n) is 4.69. The Hall–Kier alpha value is -0.880. The van der Waals surface area contributed by atoms with Crippen molar-refractivity contribution < 1.29 is 14.7 Å². The van der Waals surface area contributed by atoms with Crippen LogP contribution in [0, 0.1) is 5.41 Å². The van der Waals surface area contributed by atoms with Gasteiger partial charge in [-0.25, -0.2) is 0 Å². The van der Waals surface area contributed by atoms with Gasteiger partial charge < -0.3 is 5.11 Å². The average Bonchev–Trinajstić information content (AvgIpc) is 2.29. The van der Waals surface area contributed by atoms with E-state index in [0.717, 1.165) is 16.7 Å². The van der Waals surface area contributed by atoms with Crippen LogP contribution >= 0.6 is 24.0 Å². The Morgan fingerprint density at radius 1 is 1.56 bits per heavy atom. The summed E-state index contributed by atoms with van der Waals surface area (Å²) in [6, 6.07) is 0. The molecule has 0 spiro atoms. The Morgan fingerprint density at radius 3 is 2.56 bits per heavy atom. The van der Waals surface area contributed by atoms with Gasteiger partial charge in [-0.2, -0.15) is 0 Å². The van der Waals surface area contributed by atoms with E-state index in [4.69, 9.17) is 17.3 Å². The van der Waals surface area contributed by atoms with E-state index in [-0.39, 0.29) is 17.9 Å². The summed E-state index contributed by atoms with van der Waals surface area (Å²) in [6.45, 7) is 5.54. The highest BCUT2D eigenvalue weighted by atomic mass is 32.2. The second-order valence-electron chi connectivity index (χ2n) is 4.53. The number of nitrogens with zero attached hydrogens (tertiary/aromatic N) is 1. The van der Waals surface area contributed by atoms with E-state index in [1.165, 1.54) is 0 Å². The van der Waals surface area contributed by atoms with Crippen molar-refractivity contribution in [1.29, 1.82) is 0 Å². The number of hydrogen-bond acceptors (Lipinski definition) is 4. The Kier molecular flexibility index (Phi) is 3.75. The van der Waals surface area contributed by atoms with Crippen LogP contribution in [0.3, 0.4) is 0 Å². The largest absolute Gasteiger partial charge is 0.480 e. The molecule has 1 fully saturated rings. The van der Waals surface area contributed by atoms with E-state index in [9.17, 15) is 9.59 Å². The Bertz CT molecular complexity index is 382. The van der Waals surface area contributed by atoms with Crippen molar-refractivity contribution in [3.05, 3.63) is 11.0 Å². The van der Waals surface area contributed by atoms with Gasteiger partial charge in [-0.15, -0.1) is 0 Å². The van der Waals surface area contributed by atoms with E-state index < -0.39 is 5.97 Å². The zero-order valence-corrected chi connectivity index (χ0v) is 10.9. The molecule has 0 aromatic heterocycles. The molecule has 0 aromatic rings. The summed E-state index contributed by atoms with van der Waals surface area (Å²) in [5.74, 6) is -1.37. The minimum atomic E-state index is -1.06. The fourth-order valence-electron chi connectivity index (χ4n) is 1.16. The zero-order valence-electron chi connectivity index (χ0n) is 9.31. The number of rotatable bonds is 2. The smallest absolute Gasteiger partial charge is 0.323 e. The van der Waals surface area contributed by atoms with Crippen LogP contribution in [-0.2, 0) is 9.59 Å². The maximum atomic E-state index is 11.8. The van der Waals surface area contributed by atoms with Gasteiger partial charge in [0.05, 0.1) is 4.91 Å². The number of carbonyl (C=O) groups excluding carboxylic acids is 1. The summed E-state index contributed by atoms with van der Waals surface area (Å²) in [6.07, 6.45) is 1.81. The Morgan fingerprint density at radius 2 is 2.12 bits per heavy atom. The van der Waals surface area contributed by atoms with Gasteiger partial charge in [0.2, 0.25) is 0 Å². The molecule has 0 atom stereocenters. The number of carboxylic acids is 1. The number of thioether (sulfide) groups is 1. The maximum absolute atomic E-state index is 11.8. The first-order chi connectivity index (χ1) is 7.20. The van der Waals surface area contributed by atoms with Crippen LogP contribution in [0.4, 0.5) is 0 Å². The molecule has 1 saturated heterocycles. The molecule has 1 N–H and O–H groups in total. The lowest BCUT2D eigenvalue weighted by Crippen LogP contribution is -2.33. The van der Waals surface area contributed by atoms with Crippen LogP contribution in [0.15, 0.2) is 11.0 Å². The summed E-state index contributed by atoms with van der Waals surface area (Å²) in [7, 11) is 0. The molecule has 1 aliphatic rings. The molecule has 0 bridgehead atoms. The summed E-state index contributed by atoms with van der Waals surface area (Å²) < 4.78 is 0.308. The highest BCUT2D eigenvalue weighted by Gasteiger charge is 2.34. The van der Waals surface area contributed by atoms with Gasteiger partial charge in [0.1, 0.15) is 10.9 Å². The molecule has 0 aromatic carbocycles. The normalized spacial score (nSPS) is 19.7. The molecular formula is C10H13NO3S2.